The van der Waals surface area contributed by atoms with Crippen molar-refractivity contribution in [1.82, 2.24) is 5.43 Å². The molecule has 0 aliphatic rings. The first-order valence-corrected chi connectivity index (χ1v) is 7.43. The van der Waals surface area contributed by atoms with Gasteiger partial charge >= 0.3 is 0 Å². The van der Waals surface area contributed by atoms with Gasteiger partial charge in [-0.05, 0) is 30.3 Å². The second kappa shape index (κ2) is 6.95. The van der Waals surface area contributed by atoms with Crippen molar-refractivity contribution in [2.45, 2.75) is 0 Å². The molecule has 110 valence electrons. The molecule has 2 aromatic rings. The Morgan fingerprint density at radius 2 is 1.43 bits per heavy atom. The van der Waals surface area contributed by atoms with E-state index in [9.17, 15) is 4.79 Å². The van der Waals surface area contributed by atoms with E-state index in [1.807, 2.05) is 0 Å². The Morgan fingerprint density at radius 1 is 0.810 bits per heavy atom. The molecule has 0 unspecified atom stereocenters. The quantitative estimate of drug-likeness (QED) is 0.666. The van der Waals surface area contributed by atoms with Crippen LogP contribution in [0.25, 0.3) is 0 Å². The maximum atomic E-state index is 12.0. The van der Waals surface area contributed by atoms with Crippen LogP contribution in [-0.4, -0.2) is 5.91 Å². The van der Waals surface area contributed by atoms with E-state index in [1.165, 1.54) is 30.3 Å². The van der Waals surface area contributed by atoms with Gasteiger partial charge in [0.05, 0.1) is 25.8 Å². The highest BCUT2D eigenvalue weighted by molar-refractivity contribution is 6.42. The Bertz CT molecular complexity index is 682. The van der Waals surface area contributed by atoms with Crippen molar-refractivity contribution >= 4 is 69.6 Å². The number of hydrogen-bond acceptors (Lipinski definition) is 2. The van der Waals surface area contributed by atoms with E-state index in [2.05, 4.69) is 10.9 Å². The van der Waals surface area contributed by atoms with E-state index in [0.717, 1.165) is 0 Å². The van der Waals surface area contributed by atoms with E-state index in [4.69, 9.17) is 58.0 Å². The molecule has 1 amide bonds. The van der Waals surface area contributed by atoms with Crippen LogP contribution < -0.4 is 10.9 Å². The average Bonchev–Trinajstić information content (AvgIpc) is 2.40. The minimum absolute atomic E-state index is 0.280. The van der Waals surface area contributed by atoms with Gasteiger partial charge in [-0.1, -0.05) is 58.0 Å². The molecule has 2 N–H and O–H groups in total. The van der Waals surface area contributed by atoms with Gasteiger partial charge in [-0.25, -0.2) is 0 Å². The zero-order valence-electron chi connectivity index (χ0n) is 10.2. The summed E-state index contributed by atoms with van der Waals surface area (Å²) in [4.78, 5) is 12.0. The lowest BCUT2D eigenvalue weighted by molar-refractivity contribution is 0.0962. The molecule has 0 saturated carbocycles. The Hall–Kier alpha value is -0.840. The molecule has 21 heavy (non-hydrogen) atoms. The number of halogens is 5. The van der Waals surface area contributed by atoms with Gasteiger partial charge in [-0.2, -0.15) is 0 Å². The third kappa shape index (κ3) is 4.09. The predicted molar refractivity (Wildman–Crippen MR) is 89.0 cm³/mol. The second-order valence-corrected chi connectivity index (χ2v) is 6.02. The van der Waals surface area contributed by atoms with Gasteiger partial charge in [0.15, 0.2) is 0 Å². The molecule has 0 atom stereocenters. The van der Waals surface area contributed by atoms with Gasteiger partial charge in [-0.3, -0.25) is 15.6 Å². The molecule has 2 rings (SSSR count). The SMILES string of the molecule is O=C(NNc1c(Cl)cc(Cl)cc1Cl)c1ccc(Cl)c(Cl)c1. The molecule has 3 nitrogen and oxygen atoms in total. The number of hydrazine groups is 1. The molecular weight excluding hydrogens is 377 g/mol. The van der Waals surface area contributed by atoms with Crippen molar-refractivity contribution in [2.75, 3.05) is 5.43 Å². The maximum Gasteiger partial charge on any atom is 0.269 e. The number of hydrogen-bond donors (Lipinski definition) is 2. The summed E-state index contributed by atoms with van der Waals surface area (Å²) in [6.45, 7) is 0. The predicted octanol–water partition coefficient (Wildman–Crippen LogP) is 5.71. The van der Waals surface area contributed by atoms with Crippen molar-refractivity contribution in [1.29, 1.82) is 0 Å². The fraction of sp³-hybridized carbons (Fsp3) is 0. The monoisotopic (exact) mass is 382 g/mol. The first-order chi connectivity index (χ1) is 9.88. The maximum absolute atomic E-state index is 12.0. The number of anilines is 1. The summed E-state index contributed by atoms with van der Waals surface area (Å²) in [5.41, 5.74) is 5.78. The van der Waals surface area contributed by atoms with Crippen LogP contribution in [0.3, 0.4) is 0 Å². The first kappa shape index (κ1) is 16.5. The van der Waals surface area contributed by atoms with Crippen LogP contribution in [0.4, 0.5) is 5.69 Å². The molecular formula is C13H7Cl5N2O. The van der Waals surface area contributed by atoms with E-state index < -0.39 is 5.91 Å². The summed E-state index contributed by atoms with van der Waals surface area (Å²) in [6.07, 6.45) is 0. The van der Waals surface area contributed by atoms with Crippen molar-refractivity contribution in [3.05, 3.63) is 61.0 Å². The molecule has 0 fully saturated rings. The van der Waals surface area contributed by atoms with Gasteiger partial charge in [-0.15, -0.1) is 0 Å². The molecule has 0 heterocycles. The van der Waals surface area contributed by atoms with Crippen molar-refractivity contribution in [2.24, 2.45) is 0 Å². The van der Waals surface area contributed by atoms with Crippen LogP contribution >= 0.6 is 58.0 Å². The van der Waals surface area contributed by atoms with Crippen molar-refractivity contribution < 1.29 is 4.79 Å². The van der Waals surface area contributed by atoms with Crippen LogP contribution in [0.15, 0.2) is 30.3 Å². The van der Waals surface area contributed by atoms with Crippen LogP contribution in [0, 0.1) is 0 Å². The van der Waals surface area contributed by atoms with Crippen LogP contribution in [0.2, 0.25) is 25.1 Å². The molecule has 0 aliphatic heterocycles. The number of benzene rings is 2. The summed E-state index contributed by atoms with van der Waals surface area (Å²) < 4.78 is 0. The lowest BCUT2D eigenvalue weighted by Crippen LogP contribution is -2.29. The van der Waals surface area contributed by atoms with E-state index in [1.54, 1.807) is 0 Å². The topological polar surface area (TPSA) is 41.1 Å². The Kier molecular flexibility index (Phi) is 5.47. The summed E-state index contributed by atoms with van der Waals surface area (Å²) >= 11 is 29.4. The highest BCUT2D eigenvalue weighted by Crippen LogP contribution is 2.33. The van der Waals surface area contributed by atoms with Crippen LogP contribution in [-0.2, 0) is 0 Å². The van der Waals surface area contributed by atoms with E-state index >= 15 is 0 Å². The number of nitrogens with one attached hydrogen (secondary N) is 2. The molecule has 0 spiro atoms. The molecule has 0 saturated heterocycles. The smallest absolute Gasteiger partial charge is 0.269 e. The van der Waals surface area contributed by atoms with Gasteiger partial charge in [0, 0.05) is 10.6 Å². The Labute approximate surface area is 146 Å². The molecule has 2 aromatic carbocycles. The van der Waals surface area contributed by atoms with Gasteiger partial charge in [0.1, 0.15) is 0 Å². The zero-order valence-corrected chi connectivity index (χ0v) is 14.0. The van der Waals surface area contributed by atoms with Crippen molar-refractivity contribution in [3.63, 3.8) is 0 Å². The zero-order chi connectivity index (χ0) is 15.6. The van der Waals surface area contributed by atoms with Crippen LogP contribution in [0.5, 0.6) is 0 Å². The number of carbonyl (C=O) groups excluding carboxylic acids is 1. The summed E-state index contributed by atoms with van der Waals surface area (Å²) in [5.74, 6) is -0.421. The van der Waals surface area contributed by atoms with E-state index in [-0.39, 0.29) is 15.1 Å². The Morgan fingerprint density at radius 3 is 2.00 bits per heavy atom. The second-order valence-electron chi connectivity index (χ2n) is 3.95. The molecule has 0 aliphatic carbocycles. The minimum atomic E-state index is -0.421. The highest BCUT2D eigenvalue weighted by Gasteiger charge is 2.11. The first-order valence-electron chi connectivity index (χ1n) is 5.54. The molecule has 0 radical (unpaired) electrons. The molecule has 0 bridgehead atoms. The van der Waals surface area contributed by atoms with Crippen LogP contribution in [0.1, 0.15) is 10.4 Å². The van der Waals surface area contributed by atoms with E-state index in [0.29, 0.717) is 21.3 Å². The van der Waals surface area contributed by atoms with Gasteiger partial charge in [0.2, 0.25) is 0 Å². The summed E-state index contributed by atoms with van der Waals surface area (Å²) in [5, 5.41) is 1.60. The normalized spacial score (nSPS) is 10.3. The van der Waals surface area contributed by atoms with Crippen molar-refractivity contribution in [3.8, 4) is 0 Å². The lowest BCUT2D eigenvalue weighted by atomic mass is 10.2. The third-order valence-corrected chi connectivity index (χ3v) is 4.04. The highest BCUT2D eigenvalue weighted by atomic mass is 35.5. The summed E-state index contributed by atoms with van der Waals surface area (Å²) in [7, 11) is 0. The third-order valence-electron chi connectivity index (χ3n) is 2.49. The number of carbonyl (C=O) groups is 1. The number of amides is 1. The largest absolute Gasteiger partial charge is 0.295 e. The number of rotatable bonds is 3. The van der Waals surface area contributed by atoms with Gasteiger partial charge in [0.25, 0.3) is 5.91 Å². The lowest BCUT2D eigenvalue weighted by Gasteiger charge is -2.12. The fourth-order valence-corrected chi connectivity index (χ4v) is 2.70. The summed E-state index contributed by atoms with van der Waals surface area (Å²) in [6, 6.07) is 7.52. The Balaban J connectivity index is 2.13. The minimum Gasteiger partial charge on any atom is -0.295 e. The van der Waals surface area contributed by atoms with Gasteiger partial charge < -0.3 is 0 Å². The fourth-order valence-electron chi connectivity index (χ4n) is 1.49. The average molecular weight is 384 g/mol. The standard InChI is InChI=1S/C13H7Cl5N2O/c14-7-4-10(17)12(11(18)5-7)19-20-13(21)6-1-2-8(15)9(16)3-6/h1-5,19H,(H,20,21). The molecule has 8 heteroatoms. The molecule has 0 aromatic heterocycles.